The number of aromatic nitrogens is 1. The van der Waals surface area contributed by atoms with E-state index in [1.165, 1.54) is 0 Å². The summed E-state index contributed by atoms with van der Waals surface area (Å²) >= 11 is 0. The number of phenolic OH excluding ortho intramolecular Hbond substituents is 1. The molecule has 2 fully saturated rings. The number of nitrogens with zero attached hydrogens (tertiary/aromatic N) is 3. The Morgan fingerprint density at radius 1 is 1.25 bits per heavy atom. The highest BCUT2D eigenvalue weighted by molar-refractivity contribution is 5.83. The maximum atomic E-state index is 12.9. The summed E-state index contributed by atoms with van der Waals surface area (Å²) in [4.78, 5) is 33.9. The quantitative estimate of drug-likeness (QED) is 0.603. The highest BCUT2D eigenvalue weighted by atomic mass is 16.3. The van der Waals surface area contributed by atoms with Gasteiger partial charge in [-0.3, -0.25) is 24.4 Å². The lowest BCUT2D eigenvalue weighted by molar-refractivity contribution is -0.126. The van der Waals surface area contributed by atoms with E-state index < -0.39 is 0 Å². The van der Waals surface area contributed by atoms with Gasteiger partial charge < -0.3 is 15.7 Å². The monoisotopic (exact) mass is 437 g/mol. The van der Waals surface area contributed by atoms with Crippen molar-refractivity contribution in [3.05, 3.63) is 59.9 Å². The number of benzene rings is 1. The Kier molecular flexibility index (Phi) is 7.02. The highest BCUT2D eigenvalue weighted by Crippen LogP contribution is 2.28. The lowest BCUT2D eigenvalue weighted by Gasteiger charge is -2.33. The first-order valence-electron chi connectivity index (χ1n) is 11.2. The second kappa shape index (κ2) is 10.1. The minimum absolute atomic E-state index is 0.00903. The molecular weight excluding hydrogens is 406 g/mol. The van der Waals surface area contributed by atoms with E-state index in [1.807, 2.05) is 24.3 Å². The van der Waals surface area contributed by atoms with Crippen LogP contribution in [0.3, 0.4) is 0 Å². The first-order valence-corrected chi connectivity index (χ1v) is 11.2. The average Bonchev–Trinajstić information content (AvgIpc) is 3.18. The number of carbonyl (C=O) groups is 2. The molecule has 3 atom stereocenters. The zero-order chi connectivity index (χ0) is 22.5. The van der Waals surface area contributed by atoms with Crippen molar-refractivity contribution in [2.24, 2.45) is 0 Å². The van der Waals surface area contributed by atoms with E-state index in [2.05, 4.69) is 32.5 Å². The van der Waals surface area contributed by atoms with Gasteiger partial charge in [-0.1, -0.05) is 18.2 Å². The number of likely N-dealkylation sites (tertiary alicyclic amines) is 1. The minimum Gasteiger partial charge on any atom is -0.508 e. The molecule has 1 aromatic carbocycles. The van der Waals surface area contributed by atoms with Gasteiger partial charge in [-0.05, 0) is 49.2 Å². The summed E-state index contributed by atoms with van der Waals surface area (Å²) in [6, 6.07) is 11.0. The molecule has 32 heavy (non-hydrogen) atoms. The second-order valence-electron chi connectivity index (χ2n) is 8.68. The lowest BCUT2D eigenvalue weighted by Crippen LogP contribution is -2.49. The van der Waals surface area contributed by atoms with Crippen LogP contribution in [-0.4, -0.2) is 70.0 Å². The van der Waals surface area contributed by atoms with E-state index in [0.29, 0.717) is 32.5 Å². The van der Waals surface area contributed by atoms with Gasteiger partial charge in [0.1, 0.15) is 11.8 Å². The first kappa shape index (κ1) is 22.2. The number of amides is 2. The molecule has 2 aliphatic heterocycles. The van der Waals surface area contributed by atoms with Crippen LogP contribution in [0.25, 0.3) is 0 Å². The molecule has 3 heterocycles. The summed E-state index contributed by atoms with van der Waals surface area (Å²) < 4.78 is 0. The van der Waals surface area contributed by atoms with Crippen molar-refractivity contribution < 1.29 is 14.7 Å². The predicted molar refractivity (Wildman–Crippen MR) is 121 cm³/mol. The number of rotatable bonds is 7. The third-order valence-electron chi connectivity index (χ3n) is 6.59. The lowest BCUT2D eigenvalue weighted by atomic mass is 10.0. The van der Waals surface area contributed by atoms with Crippen molar-refractivity contribution in [3.8, 4) is 5.75 Å². The third-order valence-corrected chi connectivity index (χ3v) is 6.59. The fourth-order valence-corrected chi connectivity index (χ4v) is 4.75. The summed E-state index contributed by atoms with van der Waals surface area (Å²) in [6.07, 6.45) is 5.48. The molecule has 0 unspecified atom stereocenters. The molecule has 0 bridgehead atoms. The Morgan fingerprint density at radius 3 is 2.81 bits per heavy atom. The van der Waals surface area contributed by atoms with Crippen LogP contribution in [0.5, 0.6) is 5.75 Å². The van der Waals surface area contributed by atoms with E-state index in [4.69, 9.17) is 0 Å². The normalized spacial score (nSPS) is 23.9. The van der Waals surface area contributed by atoms with E-state index >= 15 is 0 Å². The number of hydrogen-bond acceptors (Lipinski definition) is 6. The average molecular weight is 438 g/mol. The third kappa shape index (κ3) is 5.26. The zero-order valence-corrected chi connectivity index (χ0v) is 18.4. The van der Waals surface area contributed by atoms with Crippen molar-refractivity contribution in [2.75, 3.05) is 20.1 Å². The molecule has 0 saturated carbocycles. The van der Waals surface area contributed by atoms with Gasteiger partial charge >= 0.3 is 0 Å². The molecule has 3 N–H and O–H groups in total. The maximum Gasteiger partial charge on any atom is 0.239 e. The topological polar surface area (TPSA) is 97.8 Å². The van der Waals surface area contributed by atoms with Crippen molar-refractivity contribution >= 4 is 11.8 Å². The largest absolute Gasteiger partial charge is 0.508 e. The molecule has 2 aliphatic rings. The van der Waals surface area contributed by atoms with E-state index in [-0.39, 0.29) is 35.7 Å². The number of aromatic hydroxyl groups is 1. The summed E-state index contributed by atoms with van der Waals surface area (Å²) in [5, 5.41) is 15.6. The van der Waals surface area contributed by atoms with Crippen LogP contribution in [-0.2, 0) is 22.7 Å². The molecule has 4 rings (SSSR count). The molecule has 0 aliphatic carbocycles. The summed E-state index contributed by atoms with van der Waals surface area (Å²) in [5.74, 6) is 0.309. The zero-order valence-electron chi connectivity index (χ0n) is 18.4. The van der Waals surface area contributed by atoms with Gasteiger partial charge in [0.25, 0.3) is 0 Å². The van der Waals surface area contributed by atoms with Crippen LogP contribution < -0.4 is 10.6 Å². The number of pyridine rings is 1. The molecule has 8 nitrogen and oxygen atoms in total. The minimum atomic E-state index is -0.210. The first-order chi connectivity index (χ1) is 15.5. The molecule has 2 aromatic rings. The van der Waals surface area contributed by atoms with Gasteiger partial charge in [0.15, 0.2) is 0 Å². The second-order valence-corrected chi connectivity index (χ2v) is 8.68. The number of carbonyl (C=O) groups excluding carboxylic acids is 2. The van der Waals surface area contributed by atoms with Gasteiger partial charge in [-0.25, -0.2) is 0 Å². The smallest absolute Gasteiger partial charge is 0.239 e. The highest BCUT2D eigenvalue weighted by Gasteiger charge is 2.44. The SMILES string of the molecule is CN1[C@@H](CCC(=O)NCc2cccnc2)CNC(=O)[C@@H]2[C@H]1CCN2Cc1ccc(O)cc1. The van der Waals surface area contributed by atoms with Crippen LogP contribution >= 0.6 is 0 Å². The fraction of sp³-hybridized carbons (Fsp3) is 0.458. The number of nitrogens with one attached hydrogen (secondary N) is 2. The Morgan fingerprint density at radius 2 is 2.06 bits per heavy atom. The Hall–Kier alpha value is -2.97. The van der Waals surface area contributed by atoms with Crippen LogP contribution in [0.15, 0.2) is 48.8 Å². The van der Waals surface area contributed by atoms with Crippen LogP contribution in [0.4, 0.5) is 0 Å². The molecular formula is C24H31N5O3. The molecule has 1 aromatic heterocycles. The van der Waals surface area contributed by atoms with E-state index in [0.717, 1.165) is 24.1 Å². The Balaban J connectivity index is 1.32. The van der Waals surface area contributed by atoms with Crippen LogP contribution in [0.2, 0.25) is 0 Å². The van der Waals surface area contributed by atoms with Gasteiger partial charge in [-0.15, -0.1) is 0 Å². The Bertz CT molecular complexity index is 921. The predicted octanol–water partition coefficient (Wildman–Crippen LogP) is 1.26. The fourth-order valence-electron chi connectivity index (χ4n) is 4.75. The number of hydrogen-bond donors (Lipinski definition) is 3. The van der Waals surface area contributed by atoms with Gasteiger partial charge in [0, 0.05) is 57.1 Å². The number of phenols is 1. The van der Waals surface area contributed by atoms with E-state index in [1.54, 1.807) is 24.5 Å². The summed E-state index contributed by atoms with van der Waals surface area (Å²) in [7, 11) is 2.07. The van der Waals surface area contributed by atoms with Crippen molar-refractivity contribution in [2.45, 2.75) is 50.5 Å². The van der Waals surface area contributed by atoms with Crippen molar-refractivity contribution in [1.82, 2.24) is 25.4 Å². The van der Waals surface area contributed by atoms with Crippen molar-refractivity contribution in [3.63, 3.8) is 0 Å². The van der Waals surface area contributed by atoms with Gasteiger partial charge in [0.2, 0.25) is 11.8 Å². The van der Waals surface area contributed by atoms with Gasteiger partial charge in [-0.2, -0.15) is 0 Å². The molecule has 2 amide bonds. The van der Waals surface area contributed by atoms with Crippen LogP contribution in [0, 0.1) is 0 Å². The standard InChI is InChI=1S/C24H31N5O3/c1-28-19(6-9-22(31)26-14-18-3-2-11-25-13-18)15-27-24(32)23-21(28)10-12-29(23)16-17-4-7-20(30)8-5-17/h2-5,7-8,11,13,19,21,23,30H,6,9-10,12,14-16H2,1H3,(H,26,31)(H,27,32)/t19-,21+,23-/m0/s1. The van der Waals surface area contributed by atoms with E-state index in [9.17, 15) is 14.7 Å². The molecule has 0 radical (unpaired) electrons. The summed E-state index contributed by atoms with van der Waals surface area (Å²) in [6.45, 7) is 2.53. The Labute approximate surface area is 188 Å². The molecule has 2 saturated heterocycles. The molecule has 8 heteroatoms. The summed E-state index contributed by atoms with van der Waals surface area (Å²) in [5.41, 5.74) is 2.05. The number of fused-ring (bicyclic) bond motifs is 1. The molecule has 170 valence electrons. The number of likely N-dealkylation sites (N-methyl/N-ethyl adjacent to an activating group) is 1. The van der Waals surface area contributed by atoms with Crippen molar-refractivity contribution in [1.29, 1.82) is 0 Å². The maximum absolute atomic E-state index is 12.9. The van der Waals surface area contributed by atoms with Crippen LogP contribution in [0.1, 0.15) is 30.4 Å². The van der Waals surface area contributed by atoms with Gasteiger partial charge in [0.05, 0.1) is 0 Å². The molecule has 0 spiro atoms.